The molecule has 0 unspecified atom stereocenters. The van der Waals surface area contributed by atoms with Crippen LogP contribution in [0.1, 0.15) is 19.8 Å². The topological polar surface area (TPSA) is 49.0 Å². The van der Waals surface area contributed by atoms with Crippen LogP contribution in [-0.4, -0.2) is 19.1 Å². The molecular formula is C6H12NO2. The third-order valence-electron chi connectivity index (χ3n) is 0.945. The van der Waals surface area contributed by atoms with Gasteiger partial charge in [-0.3, -0.25) is 4.79 Å². The first-order chi connectivity index (χ1) is 4.27. The number of amides is 1. The molecule has 53 valence electrons. The van der Waals surface area contributed by atoms with E-state index in [4.69, 9.17) is 0 Å². The first-order valence-corrected chi connectivity index (χ1v) is 3.10. The Balaban J connectivity index is 2.83. The maximum absolute atomic E-state index is 10.2. The molecule has 0 aliphatic carbocycles. The Kier molecular flexibility index (Phi) is 5.21. The van der Waals surface area contributed by atoms with Crippen molar-refractivity contribution in [1.29, 1.82) is 0 Å². The molecule has 0 aliphatic rings. The maximum atomic E-state index is 10.2. The highest BCUT2D eigenvalue weighted by molar-refractivity contribution is 5.72. The van der Waals surface area contributed by atoms with Crippen molar-refractivity contribution in [2.24, 2.45) is 0 Å². The van der Waals surface area contributed by atoms with Gasteiger partial charge in [-0.05, 0) is 12.8 Å². The van der Waals surface area contributed by atoms with Crippen molar-refractivity contribution in [2.75, 3.05) is 13.2 Å². The van der Waals surface area contributed by atoms with Crippen molar-refractivity contribution >= 4 is 5.91 Å². The molecule has 0 saturated heterocycles. The quantitative estimate of drug-likeness (QED) is 0.548. The highest BCUT2D eigenvalue weighted by atomic mass is 16.2. The van der Waals surface area contributed by atoms with E-state index in [9.17, 15) is 9.90 Å². The maximum Gasteiger partial charge on any atom is 0.216 e. The summed E-state index contributed by atoms with van der Waals surface area (Å²) >= 11 is 0. The van der Waals surface area contributed by atoms with E-state index in [1.807, 2.05) is 0 Å². The van der Waals surface area contributed by atoms with Gasteiger partial charge in [-0.25, -0.2) is 5.11 Å². The lowest BCUT2D eigenvalue weighted by Gasteiger charge is -1.97. The van der Waals surface area contributed by atoms with Gasteiger partial charge in [-0.15, -0.1) is 0 Å². The second-order valence-corrected chi connectivity index (χ2v) is 1.89. The minimum Gasteiger partial charge on any atom is -0.356 e. The zero-order chi connectivity index (χ0) is 7.11. The number of hydrogen-bond acceptors (Lipinski definition) is 1. The Bertz CT molecular complexity index is 83.1. The normalized spacial score (nSPS) is 9.11. The summed E-state index contributed by atoms with van der Waals surface area (Å²) in [7, 11) is 0. The molecule has 0 heterocycles. The summed E-state index contributed by atoms with van der Waals surface area (Å²) in [6.45, 7) is 2.06. The molecule has 0 rings (SSSR count). The molecule has 3 nitrogen and oxygen atoms in total. The van der Waals surface area contributed by atoms with Crippen LogP contribution in [0, 0.1) is 0 Å². The Morgan fingerprint density at radius 3 is 2.56 bits per heavy atom. The van der Waals surface area contributed by atoms with Gasteiger partial charge in [-0.1, -0.05) is 0 Å². The number of unbranched alkanes of at least 4 members (excludes halogenated alkanes) is 1. The largest absolute Gasteiger partial charge is 0.356 e. The predicted molar refractivity (Wildman–Crippen MR) is 33.5 cm³/mol. The fourth-order valence-electron chi connectivity index (χ4n) is 0.491. The lowest BCUT2D eigenvalue weighted by Crippen LogP contribution is -2.20. The van der Waals surface area contributed by atoms with Crippen molar-refractivity contribution in [3.63, 3.8) is 0 Å². The minimum absolute atomic E-state index is 0.0269. The summed E-state index contributed by atoms with van der Waals surface area (Å²) in [5, 5.41) is 12.5. The van der Waals surface area contributed by atoms with Crippen LogP contribution >= 0.6 is 0 Å². The van der Waals surface area contributed by atoms with Gasteiger partial charge in [0.15, 0.2) is 0 Å². The van der Waals surface area contributed by atoms with E-state index in [-0.39, 0.29) is 12.5 Å². The van der Waals surface area contributed by atoms with Crippen molar-refractivity contribution in [3.8, 4) is 0 Å². The van der Waals surface area contributed by atoms with Gasteiger partial charge in [0, 0.05) is 13.5 Å². The van der Waals surface area contributed by atoms with Crippen molar-refractivity contribution < 1.29 is 9.90 Å². The van der Waals surface area contributed by atoms with E-state index in [1.54, 1.807) is 0 Å². The number of carbonyl (C=O) groups is 1. The van der Waals surface area contributed by atoms with Crippen LogP contribution in [-0.2, 0) is 9.90 Å². The second kappa shape index (κ2) is 5.56. The van der Waals surface area contributed by atoms with Crippen LogP contribution in [0.3, 0.4) is 0 Å². The highest BCUT2D eigenvalue weighted by Crippen LogP contribution is 1.82. The lowest BCUT2D eigenvalue weighted by molar-refractivity contribution is -0.118. The fraction of sp³-hybridized carbons (Fsp3) is 0.833. The fourth-order valence-corrected chi connectivity index (χ4v) is 0.491. The molecule has 3 heteroatoms. The third kappa shape index (κ3) is 7.43. The first kappa shape index (κ1) is 8.43. The summed E-state index contributed by atoms with van der Waals surface area (Å²) < 4.78 is 0. The molecule has 1 radical (unpaired) electrons. The van der Waals surface area contributed by atoms with Gasteiger partial charge < -0.3 is 5.32 Å². The van der Waals surface area contributed by atoms with Crippen molar-refractivity contribution in [2.45, 2.75) is 19.8 Å². The Morgan fingerprint density at radius 1 is 1.44 bits per heavy atom. The smallest absolute Gasteiger partial charge is 0.216 e. The average Bonchev–Trinajstić information content (AvgIpc) is 1.80. The predicted octanol–water partition coefficient (Wildman–Crippen LogP) is 0.333. The Labute approximate surface area is 55.1 Å². The van der Waals surface area contributed by atoms with Gasteiger partial charge >= 0.3 is 0 Å². The number of carbonyl (C=O) groups excluding carboxylic acids is 1. The van der Waals surface area contributed by atoms with Crippen LogP contribution in [0.5, 0.6) is 0 Å². The van der Waals surface area contributed by atoms with Crippen LogP contribution in [0.2, 0.25) is 0 Å². The summed E-state index contributed by atoms with van der Waals surface area (Å²) in [6, 6.07) is 0. The Morgan fingerprint density at radius 2 is 2.11 bits per heavy atom. The van der Waals surface area contributed by atoms with Gasteiger partial charge in [0.2, 0.25) is 5.91 Å². The molecule has 0 atom stereocenters. The molecule has 0 spiro atoms. The van der Waals surface area contributed by atoms with Gasteiger partial charge in [0.05, 0.1) is 6.61 Å². The van der Waals surface area contributed by atoms with Crippen LogP contribution < -0.4 is 5.32 Å². The van der Waals surface area contributed by atoms with Crippen molar-refractivity contribution in [3.05, 3.63) is 0 Å². The highest BCUT2D eigenvalue weighted by Gasteiger charge is 1.88. The number of rotatable bonds is 4. The summed E-state index contributed by atoms with van der Waals surface area (Å²) in [5.74, 6) is -0.0269. The van der Waals surface area contributed by atoms with Gasteiger partial charge in [-0.2, -0.15) is 0 Å². The van der Waals surface area contributed by atoms with Gasteiger partial charge in [0.1, 0.15) is 0 Å². The molecule has 9 heavy (non-hydrogen) atoms. The van der Waals surface area contributed by atoms with E-state index >= 15 is 0 Å². The Hall–Kier alpha value is -0.570. The zero-order valence-corrected chi connectivity index (χ0v) is 5.64. The zero-order valence-electron chi connectivity index (χ0n) is 5.64. The number of nitrogens with one attached hydrogen (secondary N) is 1. The van der Waals surface area contributed by atoms with Crippen LogP contribution in [0.25, 0.3) is 0 Å². The molecular weight excluding hydrogens is 118 g/mol. The van der Waals surface area contributed by atoms with E-state index < -0.39 is 0 Å². The average molecular weight is 130 g/mol. The summed E-state index contributed by atoms with van der Waals surface area (Å²) in [5.41, 5.74) is 0. The van der Waals surface area contributed by atoms with E-state index in [1.165, 1.54) is 6.92 Å². The lowest BCUT2D eigenvalue weighted by atomic mass is 10.3. The minimum atomic E-state index is -0.0421. The SMILES string of the molecule is CC(=O)NCCCC[O]. The van der Waals surface area contributed by atoms with E-state index in [0.29, 0.717) is 13.0 Å². The van der Waals surface area contributed by atoms with E-state index in [2.05, 4.69) is 5.32 Å². The van der Waals surface area contributed by atoms with Crippen molar-refractivity contribution in [1.82, 2.24) is 5.32 Å². The van der Waals surface area contributed by atoms with E-state index in [0.717, 1.165) is 6.42 Å². The molecule has 0 aromatic heterocycles. The molecule has 0 saturated carbocycles. The summed E-state index contributed by atoms with van der Waals surface area (Å²) in [6.07, 6.45) is 1.45. The molecule has 0 bridgehead atoms. The molecule has 0 fully saturated rings. The van der Waals surface area contributed by atoms with Crippen LogP contribution in [0.15, 0.2) is 0 Å². The molecule has 0 aromatic rings. The molecule has 1 N–H and O–H groups in total. The third-order valence-corrected chi connectivity index (χ3v) is 0.945. The molecule has 0 aromatic carbocycles. The summed E-state index contributed by atoms with van der Waals surface area (Å²) in [4.78, 5) is 10.2. The monoisotopic (exact) mass is 130 g/mol. The molecule has 1 amide bonds. The molecule has 0 aliphatic heterocycles. The first-order valence-electron chi connectivity index (χ1n) is 3.10. The standard InChI is InChI=1S/C6H12NO2/c1-6(9)7-4-2-3-5-8/h2-5H2,1H3,(H,7,9). The second-order valence-electron chi connectivity index (χ2n) is 1.89. The number of hydrogen-bond donors (Lipinski definition) is 1. The van der Waals surface area contributed by atoms with Crippen LogP contribution in [0.4, 0.5) is 0 Å². The van der Waals surface area contributed by atoms with Gasteiger partial charge in [0.25, 0.3) is 0 Å².